The number of aromatic nitrogens is 2. The number of carbonyl (C=O) groups excluding carboxylic acids is 2. The molecule has 0 bridgehead atoms. The number of nitrogens with zero attached hydrogens (tertiary/aromatic N) is 4. The summed E-state index contributed by atoms with van der Waals surface area (Å²) < 4.78 is 17.7. The fraction of sp³-hybridized carbons (Fsp3) is 0.286. The molecule has 9 heteroatoms. The SMILES string of the molecule is Cc1ccc(C[N+]2=C3C=C4OCOC4C=C3C(=O)N(Cc3nc(C)no3)C2=O)cc1. The van der Waals surface area contributed by atoms with Gasteiger partial charge in [-0.05, 0) is 25.5 Å². The second-order valence-electron chi connectivity index (χ2n) is 7.34. The predicted molar refractivity (Wildman–Crippen MR) is 102 cm³/mol. The van der Waals surface area contributed by atoms with E-state index < -0.39 is 18.0 Å². The monoisotopic (exact) mass is 407 g/mol. The van der Waals surface area contributed by atoms with Gasteiger partial charge in [0.25, 0.3) is 5.89 Å². The van der Waals surface area contributed by atoms with Crippen LogP contribution in [0.2, 0.25) is 0 Å². The van der Waals surface area contributed by atoms with Crippen molar-refractivity contribution in [2.45, 2.75) is 33.0 Å². The zero-order valence-electron chi connectivity index (χ0n) is 16.5. The van der Waals surface area contributed by atoms with Gasteiger partial charge in [0.1, 0.15) is 29.7 Å². The fourth-order valence-corrected chi connectivity index (χ4v) is 3.64. The summed E-state index contributed by atoms with van der Waals surface area (Å²) in [6, 6.07) is 7.43. The van der Waals surface area contributed by atoms with Crippen molar-refractivity contribution >= 4 is 17.6 Å². The third kappa shape index (κ3) is 3.13. The van der Waals surface area contributed by atoms with Crippen LogP contribution < -0.4 is 0 Å². The molecular weight excluding hydrogens is 388 g/mol. The van der Waals surface area contributed by atoms with Gasteiger partial charge in [0.05, 0.1) is 0 Å². The van der Waals surface area contributed by atoms with Crippen LogP contribution in [0.4, 0.5) is 4.79 Å². The number of rotatable bonds is 4. The van der Waals surface area contributed by atoms with E-state index in [1.807, 2.05) is 31.2 Å². The molecule has 0 radical (unpaired) electrons. The molecule has 0 spiro atoms. The average molecular weight is 407 g/mol. The summed E-state index contributed by atoms with van der Waals surface area (Å²) in [7, 11) is 0. The van der Waals surface area contributed by atoms with Crippen LogP contribution in [0, 0.1) is 13.8 Å². The first-order valence-electron chi connectivity index (χ1n) is 9.53. The summed E-state index contributed by atoms with van der Waals surface area (Å²) in [6.45, 7) is 3.98. The van der Waals surface area contributed by atoms with Gasteiger partial charge in [0.2, 0.25) is 0 Å². The molecule has 0 saturated carbocycles. The van der Waals surface area contributed by atoms with E-state index in [0.29, 0.717) is 29.4 Å². The van der Waals surface area contributed by atoms with E-state index >= 15 is 0 Å². The lowest BCUT2D eigenvalue weighted by Crippen LogP contribution is -2.51. The Morgan fingerprint density at radius 1 is 1.20 bits per heavy atom. The molecule has 152 valence electrons. The van der Waals surface area contributed by atoms with Gasteiger partial charge < -0.3 is 14.0 Å². The van der Waals surface area contributed by atoms with Crippen molar-refractivity contribution in [2.24, 2.45) is 0 Å². The van der Waals surface area contributed by atoms with Crippen molar-refractivity contribution in [3.63, 3.8) is 0 Å². The van der Waals surface area contributed by atoms with Crippen LogP contribution in [-0.2, 0) is 27.4 Å². The second kappa shape index (κ2) is 7.03. The molecule has 1 saturated heterocycles. The molecule has 1 atom stereocenters. The molecule has 3 amide bonds. The summed E-state index contributed by atoms with van der Waals surface area (Å²) in [6.07, 6.45) is 2.97. The summed E-state index contributed by atoms with van der Waals surface area (Å²) in [5.74, 6) is 0.786. The van der Waals surface area contributed by atoms with E-state index in [0.717, 1.165) is 16.0 Å². The summed E-state index contributed by atoms with van der Waals surface area (Å²) in [5, 5.41) is 3.74. The Balaban J connectivity index is 1.58. The summed E-state index contributed by atoms with van der Waals surface area (Å²) in [5.41, 5.74) is 2.95. The minimum atomic E-state index is -0.460. The summed E-state index contributed by atoms with van der Waals surface area (Å²) in [4.78, 5) is 31.8. The van der Waals surface area contributed by atoms with E-state index in [1.165, 1.54) is 0 Å². The maximum Gasteiger partial charge on any atom is 0.502 e. The smallest absolute Gasteiger partial charge is 0.469 e. The van der Waals surface area contributed by atoms with E-state index in [-0.39, 0.29) is 19.2 Å². The molecule has 3 heterocycles. The van der Waals surface area contributed by atoms with Gasteiger partial charge in [-0.3, -0.25) is 0 Å². The summed E-state index contributed by atoms with van der Waals surface area (Å²) >= 11 is 0. The molecule has 5 rings (SSSR count). The quantitative estimate of drug-likeness (QED) is 0.715. The van der Waals surface area contributed by atoms with Gasteiger partial charge >= 0.3 is 11.9 Å². The molecule has 9 nitrogen and oxygen atoms in total. The lowest BCUT2D eigenvalue weighted by atomic mass is 9.97. The van der Waals surface area contributed by atoms with Gasteiger partial charge in [-0.1, -0.05) is 35.0 Å². The number of hydrogen-bond acceptors (Lipinski definition) is 7. The minimum Gasteiger partial charge on any atom is -0.469 e. The Labute approximate surface area is 171 Å². The van der Waals surface area contributed by atoms with Crippen LogP contribution in [0.3, 0.4) is 0 Å². The maximum atomic E-state index is 13.4. The van der Waals surface area contributed by atoms with Crippen molar-refractivity contribution in [3.8, 4) is 0 Å². The van der Waals surface area contributed by atoms with Crippen LogP contribution in [0.5, 0.6) is 0 Å². The van der Waals surface area contributed by atoms with E-state index in [9.17, 15) is 9.59 Å². The van der Waals surface area contributed by atoms with E-state index in [1.54, 1.807) is 23.7 Å². The Morgan fingerprint density at radius 3 is 2.73 bits per heavy atom. The van der Waals surface area contributed by atoms with Crippen LogP contribution >= 0.6 is 0 Å². The number of allylic oxidation sites excluding steroid dienone is 1. The molecule has 1 aliphatic carbocycles. The van der Waals surface area contributed by atoms with E-state index in [2.05, 4.69) is 10.1 Å². The van der Waals surface area contributed by atoms with Crippen LogP contribution in [0.1, 0.15) is 22.8 Å². The van der Waals surface area contributed by atoms with Gasteiger partial charge in [0, 0.05) is 6.08 Å². The zero-order chi connectivity index (χ0) is 20.8. The lowest BCUT2D eigenvalue weighted by Gasteiger charge is -2.25. The first kappa shape index (κ1) is 18.4. The van der Waals surface area contributed by atoms with Gasteiger partial charge in [0.15, 0.2) is 19.2 Å². The number of fused-ring (bicyclic) bond motifs is 2. The van der Waals surface area contributed by atoms with Crippen LogP contribution in [-0.4, -0.2) is 50.2 Å². The third-order valence-corrected chi connectivity index (χ3v) is 5.18. The number of benzene rings is 1. The number of aryl methyl sites for hydroxylation is 2. The topological polar surface area (TPSA) is 97.8 Å². The van der Waals surface area contributed by atoms with E-state index in [4.69, 9.17) is 14.0 Å². The predicted octanol–water partition coefficient (Wildman–Crippen LogP) is 2.00. The highest BCUT2D eigenvalue weighted by molar-refractivity contribution is 6.29. The first-order valence-corrected chi connectivity index (χ1v) is 9.53. The molecule has 1 aromatic carbocycles. The molecule has 2 aromatic rings. The van der Waals surface area contributed by atoms with Crippen molar-refractivity contribution in [2.75, 3.05) is 6.79 Å². The molecule has 30 heavy (non-hydrogen) atoms. The number of imide groups is 1. The Kier molecular flexibility index (Phi) is 4.32. The highest BCUT2D eigenvalue weighted by atomic mass is 16.7. The largest absolute Gasteiger partial charge is 0.502 e. The van der Waals surface area contributed by atoms with Crippen LogP contribution in [0.25, 0.3) is 0 Å². The van der Waals surface area contributed by atoms with Crippen molar-refractivity contribution in [3.05, 3.63) is 70.6 Å². The molecule has 1 unspecified atom stereocenters. The molecule has 2 aliphatic heterocycles. The number of ether oxygens (including phenoxy) is 2. The molecular formula is C21H19N4O5+. The third-order valence-electron chi connectivity index (χ3n) is 5.18. The first-order chi connectivity index (χ1) is 14.5. The average Bonchev–Trinajstić information content (AvgIpc) is 3.37. The Bertz CT molecular complexity index is 1140. The van der Waals surface area contributed by atoms with Gasteiger partial charge in [-0.2, -0.15) is 14.4 Å². The minimum absolute atomic E-state index is 0.105. The number of urea groups is 1. The number of carbonyl (C=O) groups is 2. The normalized spacial score (nSPS) is 20.6. The zero-order valence-corrected chi connectivity index (χ0v) is 16.5. The molecule has 1 aromatic heterocycles. The van der Waals surface area contributed by atoms with Crippen molar-refractivity contribution in [1.82, 2.24) is 15.0 Å². The van der Waals surface area contributed by atoms with Gasteiger partial charge in [-0.25, -0.2) is 4.79 Å². The maximum absolute atomic E-state index is 13.4. The highest BCUT2D eigenvalue weighted by Crippen LogP contribution is 2.29. The Morgan fingerprint density at radius 2 is 2.00 bits per heavy atom. The fourth-order valence-electron chi connectivity index (χ4n) is 3.64. The van der Waals surface area contributed by atoms with Crippen molar-refractivity contribution in [1.29, 1.82) is 0 Å². The Hall–Kier alpha value is -3.59. The lowest BCUT2D eigenvalue weighted by molar-refractivity contribution is -0.453. The molecule has 0 N–H and O–H groups in total. The standard InChI is InChI=1S/C21H19N4O5/c1-12-3-5-14(6-4-12)9-24-16-8-18-17(28-11-29-18)7-15(16)20(26)25(21(24)27)10-19-22-13(2)23-30-19/h3-8,17H,9-11H2,1-2H3/q+1. The van der Waals surface area contributed by atoms with Gasteiger partial charge in [-0.15, -0.1) is 4.90 Å². The second-order valence-corrected chi connectivity index (χ2v) is 7.34. The van der Waals surface area contributed by atoms with Crippen molar-refractivity contribution < 1.29 is 28.2 Å². The number of hydrogen-bond donors (Lipinski definition) is 0. The highest BCUT2D eigenvalue weighted by Gasteiger charge is 2.47. The van der Waals surface area contributed by atoms with Crippen LogP contribution in [0.15, 0.2) is 52.3 Å². The molecule has 1 fully saturated rings. The number of amides is 3. The molecule has 3 aliphatic rings.